The van der Waals surface area contributed by atoms with Gasteiger partial charge in [-0.3, -0.25) is 0 Å². The third-order valence-electron chi connectivity index (χ3n) is 3.42. The normalized spacial score (nSPS) is 21.7. The van der Waals surface area contributed by atoms with Gasteiger partial charge < -0.3 is 14.2 Å². The Hall–Kier alpha value is -0.910. The summed E-state index contributed by atoms with van der Waals surface area (Å²) in [6.07, 6.45) is -0.440. The van der Waals surface area contributed by atoms with E-state index in [4.69, 9.17) is 25.8 Å². The largest absolute Gasteiger partial charge is 0.369 e. The molecule has 0 aromatic heterocycles. The highest BCUT2D eigenvalue weighted by molar-refractivity contribution is 9.10. The molecule has 1 heterocycles. The fourth-order valence-electron chi connectivity index (χ4n) is 2.25. The molecule has 2 aromatic rings. The molecule has 0 amide bonds. The Bertz CT molecular complexity index is 627. The quantitative estimate of drug-likeness (QED) is 0.763. The minimum atomic E-state index is -0.373. The third-order valence-corrected chi connectivity index (χ3v) is 4.43. The lowest BCUT2D eigenvalue weighted by Crippen LogP contribution is -2.33. The molecule has 3 rings (SSSR count). The fourth-order valence-corrected chi connectivity index (χ4v) is 2.85. The van der Waals surface area contributed by atoms with Crippen molar-refractivity contribution in [3.8, 4) is 0 Å². The van der Waals surface area contributed by atoms with E-state index in [9.17, 15) is 0 Å². The summed E-state index contributed by atoms with van der Waals surface area (Å²) in [6, 6.07) is 15.5. The highest BCUT2D eigenvalue weighted by Gasteiger charge is 2.24. The minimum absolute atomic E-state index is 0.0671. The Morgan fingerprint density at radius 2 is 1.86 bits per heavy atom. The van der Waals surface area contributed by atoms with Crippen LogP contribution in [-0.2, 0) is 20.8 Å². The van der Waals surface area contributed by atoms with Crippen LogP contribution in [0.5, 0.6) is 0 Å². The van der Waals surface area contributed by atoms with Gasteiger partial charge in [0.1, 0.15) is 6.10 Å². The molecular weight excluding hydrogens is 368 g/mol. The summed E-state index contributed by atoms with van der Waals surface area (Å²) in [5.41, 5.74) is 2.04. The summed E-state index contributed by atoms with van der Waals surface area (Å²) in [5, 5.41) is 0.678. The molecule has 0 bridgehead atoms. The lowest BCUT2D eigenvalue weighted by atomic mass is 10.2. The molecular formula is C17H16BrClO3. The molecule has 0 atom stereocenters. The highest BCUT2D eigenvalue weighted by Crippen LogP contribution is 2.26. The van der Waals surface area contributed by atoms with Crippen LogP contribution in [0.2, 0.25) is 5.02 Å². The Labute approximate surface area is 143 Å². The van der Waals surface area contributed by atoms with Gasteiger partial charge in [-0.2, -0.15) is 0 Å². The summed E-state index contributed by atoms with van der Waals surface area (Å²) in [7, 11) is 0. The number of halogens is 2. The van der Waals surface area contributed by atoms with E-state index >= 15 is 0 Å². The predicted octanol–water partition coefficient (Wildman–Crippen LogP) is 4.73. The molecule has 0 saturated carbocycles. The van der Waals surface area contributed by atoms with Crippen molar-refractivity contribution >= 4 is 27.5 Å². The SMILES string of the molecule is Clc1cccc(C2OCC(OCc3ccccc3Br)CO2)c1. The van der Waals surface area contributed by atoms with E-state index in [1.54, 1.807) is 0 Å². The van der Waals surface area contributed by atoms with Gasteiger partial charge in [-0.1, -0.05) is 57.9 Å². The average Bonchev–Trinajstić information content (AvgIpc) is 2.55. The molecule has 0 spiro atoms. The van der Waals surface area contributed by atoms with Crippen LogP contribution < -0.4 is 0 Å². The summed E-state index contributed by atoms with van der Waals surface area (Å²) in [5.74, 6) is 0. The van der Waals surface area contributed by atoms with E-state index in [-0.39, 0.29) is 12.4 Å². The number of rotatable bonds is 4. The summed E-state index contributed by atoms with van der Waals surface area (Å²) >= 11 is 9.50. The summed E-state index contributed by atoms with van der Waals surface area (Å²) < 4.78 is 18.4. The van der Waals surface area contributed by atoms with Gasteiger partial charge in [0.25, 0.3) is 0 Å². The molecule has 1 aliphatic heterocycles. The van der Waals surface area contributed by atoms with Gasteiger partial charge in [0, 0.05) is 15.1 Å². The number of ether oxygens (including phenoxy) is 3. The first kappa shape index (κ1) is 16.0. The van der Waals surface area contributed by atoms with Crippen LogP contribution in [0.25, 0.3) is 0 Å². The van der Waals surface area contributed by atoms with E-state index < -0.39 is 0 Å². The van der Waals surface area contributed by atoms with E-state index in [2.05, 4.69) is 15.9 Å². The second-order valence-corrected chi connectivity index (χ2v) is 6.37. The lowest BCUT2D eigenvalue weighted by Gasteiger charge is -2.29. The molecule has 0 N–H and O–H groups in total. The molecule has 2 aromatic carbocycles. The zero-order valence-electron chi connectivity index (χ0n) is 11.9. The number of hydrogen-bond donors (Lipinski definition) is 0. The molecule has 1 fully saturated rings. The maximum atomic E-state index is 5.98. The second-order valence-electron chi connectivity index (χ2n) is 5.08. The van der Waals surface area contributed by atoms with Gasteiger partial charge in [0.15, 0.2) is 6.29 Å². The Morgan fingerprint density at radius 3 is 2.59 bits per heavy atom. The van der Waals surface area contributed by atoms with Gasteiger partial charge in [-0.05, 0) is 23.8 Å². The molecule has 0 aliphatic carbocycles. The minimum Gasteiger partial charge on any atom is -0.369 e. The molecule has 1 aliphatic rings. The van der Waals surface area contributed by atoms with Crippen molar-refractivity contribution in [3.05, 3.63) is 69.2 Å². The van der Waals surface area contributed by atoms with E-state index in [1.165, 1.54) is 0 Å². The molecule has 116 valence electrons. The Morgan fingerprint density at radius 1 is 1.09 bits per heavy atom. The monoisotopic (exact) mass is 382 g/mol. The number of hydrogen-bond acceptors (Lipinski definition) is 3. The first-order valence-corrected chi connectivity index (χ1v) is 8.23. The first-order chi connectivity index (χ1) is 10.7. The van der Waals surface area contributed by atoms with Crippen LogP contribution in [-0.4, -0.2) is 19.3 Å². The predicted molar refractivity (Wildman–Crippen MR) is 88.8 cm³/mol. The summed E-state index contributed by atoms with van der Waals surface area (Å²) in [4.78, 5) is 0. The van der Waals surface area contributed by atoms with E-state index in [0.717, 1.165) is 15.6 Å². The van der Waals surface area contributed by atoms with Crippen LogP contribution in [0.3, 0.4) is 0 Å². The molecule has 5 heteroatoms. The van der Waals surface area contributed by atoms with Crippen LogP contribution in [0, 0.1) is 0 Å². The van der Waals surface area contributed by atoms with Gasteiger partial charge in [0.2, 0.25) is 0 Å². The molecule has 22 heavy (non-hydrogen) atoms. The molecule has 1 saturated heterocycles. The van der Waals surface area contributed by atoms with Crippen molar-refractivity contribution in [1.82, 2.24) is 0 Å². The van der Waals surface area contributed by atoms with Gasteiger partial charge in [-0.15, -0.1) is 0 Å². The van der Waals surface area contributed by atoms with Crippen molar-refractivity contribution in [3.63, 3.8) is 0 Å². The average molecular weight is 384 g/mol. The van der Waals surface area contributed by atoms with E-state index in [0.29, 0.717) is 24.8 Å². The smallest absolute Gasteiger partial charge is 0.184 e. The zero-order valence-corrected chi connectivity index (χ0v) is 14.2. The van der Waals surface area contributed by atoms with Gasteiger partial charge in [0.05, 0.1) is 19.8 Å². The highest BCUT2D eigenvalue weighted by atomic mass is 79.9. The third kappa shape index (κ3) is 4.09. The lowest BCUT2D eigenvalue weighted by molar-refractivity contribution is -0.232. The van der Waals surface area contributed by atoms with Crippen molar-refractivity contribution in [2.24, 2.45) is 0 Å². The van der Waals surface area contributed by atoms with Crippen molar-refractivity contribution in [2.75, 3.05) is 13.2 Å². The van der Waals surface area contributed by atoms with Crippen LogP contribution in [0.15, 0.2) is 53.0 Å². The Kier molecular flexibility index (Phi) is 5.50. The maximum absolute atomic E-state index is 5.98. The van der Waals surface area contributed by atoms with Crippen LogP contribution in [0.4, 0.5) is 0 Å². The molecule has 3 nitrogen and oxygen atoms in total. The molecule has 0 unspecified atom stereocenters. The van der Waals surface area contributed by atoms with Crippen molar-refractivity contribution in [2.45, 2.75) is 19.0 Å². The van der Waals surface area contributed by atoms with Gasteiger partial charge in [-0.25, -0.2) is 0 Å². The van der Waals surface area contributed by atoms with Crippen LogP contribution >= 0.6 is 27.5 Å². The second kappa shape index (κ2) is 7.57. The summed E-state index contributed by atoms with van der Waals surface area (Å²) in [6.45, 7) is 1.53. The Balaban J connectivity index is 1.51. The topological polar surface area (TPSA) is 27.7 Å². The zero-order chi connectivity index (χ0) is 15.4. The van der Waals surface area contributed by atoms with E-state index in [1.807, 2.05) is 48.5 Å². The van der Waals surface area contributed by atoms with Crippen molar-refractivity contribution < 1.29 is 14.2 Å². The number of benzene rings is 2. The standard InChI is InChI=1S/C17H16BrClO3/c18-16-7-2-1-4-13(16)9-20-15-10-21-17(22-11-15)12-5-3-6-14(19)8-12/h1-8,15,17H,9-11H2. The van der Waals surface area contributed by atoms with Crippen molar-refractivity contribution in [1.29, 1.82) is 0 Å². The molecule has 0 radical (unpaired) electrons. The van der Waals surface area contributed by atoms with Crippen LogP contribution in [0.1, 0.15) is 17.4 Å². The van der Waals surface area contributed by atoms with Gasteiger partial charge >= 0.3 is 0 Å². The fraction of sp³-hybridized carbons (Fsp3) is 0.294. The first-order valence-electron chi connectivity index (χ1n) is 7.06. The maximum Gasteiger partial charge on any atom is 0.184 e.